The van der Waals surface area contributed by atoms with E-state index < -0.39 is 18.0 Å². The van der Waals surface area contributed by atoms with Gasteiger partial charge in [-0.3, -0.25) is 14.5 Å². The van der Waals surface area contributed by atoms with Crippen LogP contribution in [0.2, 0.25) is 0 Å². The van der Waals surface area contributed by atoms with Crippen molar-refractivity contribution in [2.75, 3.05) is 32.8 Å². The van der Waals surface area contributed by atoms with E-state index >= 15 is 0 Å². The molecule has 0 radical (unpaired) electrons. The van der Waals surface area contributed by atoms with Gasteiger partial charge >= 0.3 is 6.18 Å². The van der Waals surface area contributed by atoms with Crippen molar-refractivity contribution in [3.8, 4) is 5.75 Å². The zero-order valence-corrected chi connectivity index (χ0v) is 19.6. The highest BCUT2D eigenvalue weighted by Crippen LogP contribution is 2.32. The summed E-state index contributed by atoms with van der Waals surface area (Å²) in [5, 5.41) is 13.3. The lowest BCUT2D eigenvalue weighted by atomic mass is 10.1. The highest BCUT2D eigenvalue weighted by Gasteiger charge is 2.33. The minimum atomic E-state index is -4.44. The number of aryl methyl sites for hydroxylation is 1. The zero-order valence-electron chi connectivity index (χ0n) is 19.6. The van der Waals surface area contributed by atoms with Gasteiger partial charge in [-0.1, -0.05) is 35.5 Å². The highest BCUT2D eigenvalue weighted by atomic mass is 19.4. The molecule has 0 aromatic heterocycles. The highest BCUT2D eigenvalue weighted by molar-refractivity contribution is 5.78. The van der Waals surface area contributed by atoms with Crippen LogP contribution in [0.15, 0.2) is 53.7 Å². The minimum absolute atomic E-state index is 0.0233. The van der Waals surface area contributed by atoms with E-state index in [1.165, 1.54) is 24.4 Å². The summed E-state index contributed by atoms with van der Waals surface area (Å²) in [6.45, 7) is 1.26. The molecular formula is C25H28F3N3O5. The molecule has 1 unspecified atom stereocenters. The molecule has 1 amide bonds. The molecule has 36 heavy (non-hydrogen) atoms. The van der Waals surface area contributed by atoms with Gasteiger partial charge in [0, 0.05) is 38.0 Å². The van der Waals surface area contributed by atoms with Crippen LogP contribution in [0.1, 0.15) is 23.1 Å². The number of benzene rings is 2. The van der Waals surface area contributed by atoms with E-state index in [0.717, 1.165) is 11.6 Å². The Labute approximate surface area is 206 Å². The van der Waals surface area contributed by atoms with E-state index in [1.807, 2.05) is 12.1 Å². The third-order valence-corrected chi connectivity index (χ3v) is 5.70. The normalized spacial score (nSPS) is 15.6. The first-order valence-electron chi connectivity index (χ1n) is 11.4. The van der Waals surface area contributed by atoms with Gasteiger partial charge in [-0.05, 0) is 36.6 Å². The third-order valence-electron chi connectivity index (χ3n) is 5.70. The number of oxime groups is 1. The number of aldehydes is 1. The van der Waals surface area contributed by atoms with Gasteiger partial charge in [0.2, 0.25) is 0 Å². The van der Waals surface area contributed by atoms with Gasteiger partial charge in [0.1, 0.15) is 12.4 Å². The van der Waals surface area contributed by atoms with Crippen LogP contribution >= 0.6 is 0 Å². The minimum Gasteiger partial charge on any atom is -0.484 e. The largest absolute Gasteiger partial charge is 0.484 e. The number of aliphatic hydroxyl groups is 1. The Hall–Kier alpha value is -3.44. The van der Waals surface area contributed by atoms with Gasteiger partial charge in [-0.2, -0.15) is 13.2 Å². The van der Waals surface area contributed by atoms with Gasteiger partial charge < -0.3 is 19.6 Å². The summed E-state index contributed by atoms with van der Waals surface area (Å²) in [7, 11) is 0. The van der Waals surface area contributed by atoms with Gasteiger partial charge in [-0.15, -0.1) is 0 Å². The van der Waals surface area contributed by atoms with Crippen LogP contribution in [0.25, 0.3) is 0 Å². The summed E-state index contributed by atoms with van der Waals surface area (Å²) >= 11 is 0. The maximum Gasteiger partial charge on any atom is 0.416 e. The first-order valence-corrected chi connectivity index (χ1v) is 11.4. The molecule has 194 valence electrons. The van der Waals surface area contributed by atoms with Crippen LogP contribution in [0.4, 0.5) is 13.2 Å². The molecule has 3 rings (SSSR count). The number of carbonyl (C=O) groups excluding carboxylic acids is 2. The van der Waals surface area contributed by atoms with E-state index in [0.29, 0.717) is 51.1 Å². The third kappa shape index (κ3) is 8.06. The van der Waals surface area contributed by atoms with E-state index in [2.05, 4.69) is 5.16 Å². The van der Waals surface area contributed by atoms with Gasteiger partial charge in [0.05, 0.1) is 5.56 Å². The standard InChI is InChI=1S/C25H28F3N3O5/c26-25(27,28)22-6-2-1-5-20(22)17-36-29-11-3-4-19-7-9-21(10-8-19)35-18-24(34)31-14-12-30(13-15-31)23(33)16-32/h1-2,5-11,16,23,33H,3-4,12-15,17-18H2. The summed E-state index contributed by atoms with van der Waals surface area (Å²) in [6.07, 6.45) is -2.44. The van der Waals surface area contributed by atoms with E-state index in [4.69, 9.17) is 9.57 Å². The summed E-state index contributed by atoms with van der Waals surface area (Å²) in [6, 6.07) is 12.4. The van der Waals surface area contributed by atoms with Crippen molar-refractivity contribution < 1.29 is 37.4 Å². The monoisotopic (exact) mass is 507 g/mol. The fraction of sp³-hybridized carbons (Fsp3) is 0.400. The summed E-state index contributed by atoms with van der Waals surface area (Å²) in [5.41, 5.74) is 0.281. The molecule has 1 aliphatic rings. The van der Waals surface area contributed by atoms with E-state index in [1.54, 1.807) is 21.9 Å². The Bertz CT molecular complexity index is 1020. The maximum absolute atomic E-state index is 13.0. The predicted molar refractivity (Wildman–Crippen MR) is 125 cm³/mol. The fourth-order valence-electron chi connectivity index (χ4n) is 3.68. The second kappa shape index (κ2) is 13.0. The Kier molecular flexibility index (Phi) is 9.83. The molecule has 1 saturated heterocycles. The lowest BCUT2D eigenvalue weighted by Gasteiger charge is -2.35. The van der Waals surface area contributed by atoms with Crippen LogP contribution in [-0.4, -0.2) is 72.3 Å². The van der Waals surface area contributed by atoms with Gasteiger partial charge in [0.15, 0.2) is 19.1 Å². The number of carbonyl (C=O) groups is 2. The summed E-state index contributed by atoms with van der Waals surface area (Å²) < 4.78 is 44.5. The number of alkyl halides is 3. The van der Waals surface area contributed by atoms with Crippen molar-refractivity contribution in [1.82, 2.24) is 9.80 Å². The van der Waals surface area contributed by atoms with Crippen LogP contribution < -0.4 is 4.74 Å². The average Bonchev–Trinajstić information content (AvgIpc) is 2.89. The van der Waals surface area contributed by atoms with Gasteiger partial charge in [0.25, 0.3) is 5.91 Å². The summed E-state index contributed by atoms with van der Waals surface area (Å²) in [4.78, 5) is 31.2. The Morgan fingerprint density at radius 3 is 2.44 bits per heavy atom. The lowest BCUT2D eigenvalue weighted by molar-refractivity contribution is -0.139. The number of ether oxygens (including phenoxy) is 1. The van der Waals surface area contributed by atoms with Gasteiger partial charge in [-0.25, -0.2) is 0 Å². The second-order valence-corrected chi connectivity index (χ2v) is 8.15. The number of nitrogens with zero attached hydrogens (tertiary/aromatic N) is 3. The SMILES string of the molecule is O=CC(O)N1CCN(C(=O)COc2ccc(CCC=NOCc3ccccc3C(F)(F)F)cc2)CC1. The molecule has 1 aliphatic heterocycles. The molecule has 2 aromatic carbocycles. The number of amides is 1. The molecule has 2 aromatic rings. The molecule has 11 heteroatoms. The molecule has 0 bridgehead atoms. The fourth-order valence-corrected chi connectivity index (χ4v) is 3.68. The van der Waals surface area contributed by atoms with Crippen molar-refractivity contribution in [3.05, 3.63) is 65.2 Å². The second-order valence-electron chi connectivity index (χ2n) is 8.15. The zero-order chi connectivity index (χ0) is 26.0. The van der Waals surface area contributed by atoms with Crippen LogP contribution in [0.3, 0.4) is 0 Å². The molecule has 1 heterocycles. The Morgan fingerprint density at radius 1 is 1.08 bits per heavy atom. The Morgan fingerprint density at radius 2 is 1.78 bits per heavy atom. The lowest BCUT2D eigenvalue weighted by Crippen LogP contribution is -2.53. The Balaban J connectivity index is 1.35. The van der Waals surface area contributed by atoms with Crippen LogP contribution in [0, 0.1) is 0 Å². The first kappa shape index (κ1) is 27.2. The average molecular weight is 508 g/mol. The van der Waals surface area contributed by atoms with Crippen LogP contribution in [0.5, 0.6) is 5.75 Å². The smallest absolute Gasteiger partial charge is 0.416 e. The molecule has 1 fully saturated rings. The van der Waals surface area contributed by atoms with Crippen molar-refractivity contribution in [3.63, 3.8) is 0 Å². The van der Waals surface area contributed by atoms with Crippen molar-refractivity contribution >= 4 is 18.4 Å². The number of hydrogen-bond acceptors (Lipinski definition) is 7. The molecule has 0 spiro atoms. The number of aliphatic hydroxyl groups excluding tert-OH is 1. The van der Waals surface area contributed by atoms with E-state index in [9.17, 15) is 27.9 Å². The van der Waals surface area contributed by atoms with Crippen molar-refractivity contribution in [2.45, 2.75) is 31.9 Å². The van der Waals surface area contributed by atoms with E-state index in [-0.39, 0.29) is 24.7 Å². The summed E-state index contributed by atoms with van der Waals surface area (Å²) in [5.74, 6) is 0.371. The van der Waals surface area contributed by atoms with Crippen molar-refractivity contribution in [2.24, 2.45) is 5.16 Å². The molecule has 8 nitrogen and oxygen atoms in total. The predicted octanol–water partition coefficient (Wildman–Crippen LogP) is 2.88. The number of halogens is 3. The van der Waals surface area contributed by atoms with Crippen molar-refractivity contribution in [1.29, 1.82) is 0 Å². The first-order chi connectivity index (χ1) is 17.3. The molecule has 0 saturated carbocycles. The molecule has 1 N–H and O–H groups in total. The number of rotatable bonds is 11. The number of hydrogen-bond donors (Lipinski definition) is 1. The molecule has 1 atom stereocenters. The maximum atomic E-state index is 13.0. The number of piperazine rings is 1. The molecule has 0 aliphatic carbocycles. The quantitative estimate of drug-likeness (QED) is 0.286. The topological polar surface area (TPSA) is 91.7 Å². The van der Waals surface area contributed by atoms with Crippen LogP contribution in [-0.2, 0) is 33.6 Å². The molecular weight excluding hydrogens is 479 g/mol.